The van der Waals surface area contributed by atoms with Crippen LogP contribution in [0.25, 0.3) is 0 Å². The fourth-order valence-electron chi connectivity index (χ4n) is 1.69. The number of hydrogen-bond acceptors (Lipinski definition) is 5. The average Bonchev–Trinajstić information content (AvgIpc) is 2.47. The number of amides is 2. The van der Waals surface area contributed by atoms with Crippen LogP contribution in [0.1, 0.15) is 34.6 Å². The van der Waals surface area contributed by atoms with Gasteiger partial charge in [0.1, 0.15) is 11.6 Å². The van der Waals surface area contributed by atoms with Gasteiger partial charge in [0, 0.05) is 19.2 Å². The first-order valence-electron chi connectivity index (χ1n) is 7.59. The minimum Gasteiger partial charge on any atom is -0.478 e. The van der Waals surface area contributed by atoms with Crippen LogP contribution in [-0.4, -0.2) is 64.7 Å². The number of carbonyl (C=O) groups is 3. The summed E-state index contributed by atoms with van der Waals surface area (Å²) in [6.07, 6.45) is 1.42. The molecule has 0 rings (SSSR count). The number of nitrogens with two attached hydrogens (primary N) is 1. The Morgan fingerprint density at radius 2 is 1.75 bits per heavy atom. The van der Waals surface area contributed by atoms with Crippen molar-refractivity contribution in [3.63, 3.8) is 0 Å². The zero-order valence-corrected chi connectivity index (χ0v) is 15.2. The third-order valence-electron chi connectivity index (χ3n) is 3.62. The molecule has 138 valence electrons. The van der Waals surface area contributed by atoms with Gasteiger partial charge in [0.25, 0.3) is 0 Å². The summed E-state index contributed by atoms with van der Waals surface area (Å²) in [5, 5.41) is 20.6. The minimum absolute atomic E-state index is 0.0965. The van der Waals surface area contributed by atoms with Gasteiger partial charge in [0.05, 0.1) is 6.61 Å². The van der Waals surface area contributed by atoms with E-state index in [2.05, 4.69) is 5.32 Å². The van der Waals surface area contributed by atoms with E-state index in [4.69, 9.17) is 10.8 Å². The topological polar surface area (TPSA) is 133 Å². The number of rotatable bonds is 7. The SMILES string of the molecule is C/C(=C\CN(C)C(=O)C(NC(=O)C(C)(N)CO)C(C)(C)C)C(=O)O. The Bertz CT molecular complexity index is 520. The van der Waals surface area contributed by atoms with E-state index in [1.54, 1.807) is 20.8 Å². The summed E-state index contributed by atoms with van der Waals surface area (Å²) in [6.45, 7) is 7.71. The Balaban J connectivity index is 5.27. The first-order valence-corrected chi connectivity index (χ1v) is 7.59. The minimum atomic E-state index is -1.50. The maximum absolute atomic E-state index is 12.7. The molecule has 24 heavy (non-hydrogen) atoms. The monoisotopic (exact) mass is 343 g/mol. The van der Waals surface area contributed by atoms with Gasteiger partial charge < -0.3 is 26.2 Å². The Morgan fingerprint density at radius 3 is 2.12 bits per heavy atom. The molecule has 0 aliphatic heterocycles. The molecule has 0 saturated carbocycles. The van der Waals surface area contributed by atoms with Crippen LogP contribution in [0.4, 0.5) is 0 Å². The number of carboxylic acids is 1. The zero-order chi connectivity index (χ0) is 19.3. The molecule has 8 nitrogen and oxygen atoms in total. The first-order chi connectivity index (χ1) is 10.7. The van der Waals surface area contributed by atoms with E-state index in [1.807, 2.05) is 0 Å². The summed E-state index contributed by atoms with van der Waals surface area (Å²) in [4.78, 5) is 37.0. The fraction of sp³-hybridized carbons (Fsp3) is 0.688. The van der Waals surface area contributed by atoms with Gasteiger partial charge in [-0.1, -0.05) is 26.8 Å². The van der Waals surface area contributed by atoms with E-state index in [0.29, 0.717) is 0 Å². The molecule has 2 unspecified atom stereocenters. The van der Waals surface area contributed by atoms with Crippen LogP contribution >= 0.6 is 0 Å². The van der Waals surface area contributed by atoms with Crippen LogP contribution in [0, 0.1) is 5.41 Å². The van der Waals surface area contributed by atoms with Gasteiger partial charge in [-0.3, -0.25) is 9.59 Å². The lowest BCUT2D eigenvalue weighted by Gasteiger charge is -2.35. The van der Waals surface area contributed by atoms with Crippen molar-refractivity contribution in [3.05, 3.63) is 11.6 Å². The Kier molecular flexibility index (Phi) is 7.59. The van der Waals surface area contributed by atoms with Crippen molar-refractivity contribution in [3.8, 4) is 0 Å². The Morgan fingerprint density at radius 1 is 1.25 bits per heavy atom. The Labute approximate surface area is 142 Å². The van der Waals surface area contributed by atoms with Crippen molar-refractivity contribution < 1.29 is 24.6 Å². The van der Waals surface area contributed by atoms with Crippen LogP contribution in [0.15, 0.2) is 11.6 Å². The lowest BCUT2D eigenvalue weighted by atomic mass is 9.85. The van der Waals surface area contributed by atoms with Gasteiger partial charge >= 0.3 is 5.97 Å². The van der Waals surface area contributed by atoms with Crippen molar-refractivity contribution in [1.82, 2.24) is 10.2 Å². The van der Waals surface area contributed by atoms with Gasteiger partial charge in [-0.25, -0.2) is 4.79 Å². The third kappa shape index (κ3) is 6.29. The summed E-state index contributed by atoms with van der Waals surface area (Å²) >= 11 is 0. The molecule has 2 atom stereocenters. The molecule has 0 aliphatic rings. The molecule has 0 fully saturated rings. The van der Waals surface area contributed by atoms with Gasteiger partial charge in [0.15, 0.2) is 0 Å². The summed E-state index contributed by atoms with van der Waals surface area (Å²) < 4.78 is 0. The highest BCUT2D eigenvalue weighted by molar-refractivity contribution is 5.92. The van der Waals surface area contributed by atoms with Crippen molar-refractivity contribution in [2.45, 2.75) is 46.2 Å². The molecule has 0 heterocycles. The second-order valence-corrected chi connectivity index (χ2v) is 7.26. The van der Waals surface area contributed by atoms with Crippen molar-refractivity contribution in [2.75, 3.05) is 20.2 Å². The van der Waals surface area contributed by atoms with Crippen LogP contribution in [0.5, 0.6) is 0 Å². The van der Waals surface area contributed by atoms with Gasteiger partial charge in [-0.15, -0.1) is 0 Å². The Hall–Kier alpha value is -1.93. The first kappa shape index (κ1) is 22.1. The molecule has 5 N–H and O–H groups in total. The molecule has 0 saturated heterocycles. The maximum Gasteiger partial charge on any atom is 0.331 e. The molecule has 0 radical (unpaired) electrons. The standard InChI is InChI=1S/C16H29N3O5/c1-10(13(22)23)7-8-19(6)12(21)11(15(2,3)4)18-14(24)16(5,17)9-20/h7,11,20H,8-9,17H2,1-6H3,(H,18,24)(H,22,23)/b10-7+. The molecule has 0 aromatic rings. The molecule has 0 aromatic heterocycles. The second-order valence-electron chi connectivity index (χ2n) is 7.26. The van der Waals surface area contributed by atoms with E-state index in [9.17, 15) is 19.5 Å². The van der Waals surface area contributed by atoms with E-state index in [1.165, 1.54) is 31.9 Å². The lowest BCUT2D eigenvalue weighted by Crippen LogP contribution is -2.62. The normalized spacial score (nSPS) is 16.1. The number of nitrogens with one attached hydrogen (secondary N) is 1. The summed E-state index contributed by atoms with van der Waals surface area (Å²) in [6, 6.07) is -0.872. The highest BCUT2D eigenvalue weighted by atomic mass is 16.4. The van der Waals surface area contributed by atoms with Gasteiger partial charge in [-0.05, 0) is 19.3 Å². The van der Waals surface area contributed by atoms with E-state index >= 15 is 0 Å². The number of aliphatic hydroxyl groups excluding tert-OH is 1. The van der Waals surface area contributed by atoms with Gasteiger partial charge in [0.2, 0.25) is 11.8 Å². The smallest absolute Gasteiger partial charge is 0.331 e. The number of likely N-dealkylation sites (N-methyl/N-ethyl adjacent to an activating group) is 1. The number of carboxylic acid groups (broad SMARTS) is 1. The molecular weight excluding hydrogens is 314 g/mol. The highest BCUT2D eigenvalue weighted by Crippen LogP contribution is 2.21. The highest BCUT2D eigenvalue weighted by Gasteiger charge is 2.38. The predicted molar refractivity (Wildman–Crippen MR) is 90.1 cm³/mol. The summed E-state index contributed by atoms with van der Waals surface area (Å²) in [5.41, 5.74) is 3.73. The van der Waals surface area contributed by atoms with E-state index < -0.39 is 35.5 Å². The van der Waals surface area contributed by atoms with Gasteiger partial charge in [-0.2, -0.15) is 0 Å². The van der Waals surface area contributed by atoms with E-state index in [-0.39, 0.29) is 18.0 Å². The molecular formula is C16H29N3O5. The van der Waals surface area contributed by atoms with E-state index in [0.717, 1.165) is 0 Å². The third-order valence-corrected chi connectivity index (χ3v) is 3.62. The molecule has 0 aliphatic carbocycles. The van der Waals surface area contributed by atoms with Crippen molar-refractivity contribution in [1.29, 1.82) is 0 Å². The van der Waals surface area contributed by atoms with Crippen LogP contribution in [0.3, 0.4) is 0 Å². The fourth-order valence-corrected chi connectivity index (χ4v) is 1.69. The largest absolute Gasteiger partial charge is 0.478 e. The molecule has 0 spiro atoms. The summed E-state index contributed by atoms with van der Waals surface area (Å²) in [5.74, 6) is -2.07. The predicted octanol–water partition coefficient (Wildman–Crippen LogP) is -0.284. The number of aliphatic hydroxyl groups is 1. The molecule has 2 amide bonds. The second kappa shape index (κ2) is 8.25. The number of carbonyl (C=O) groups excluding carboxylic acids is 2. The molecule has 0 bridgehead atoms. The van der Waals surface area contributed by atoms with Crippen LogP contribution in [0.2, 0.25) is 0 Å². The number of hydrogen-bond donors (Lipinski definition) is 4. The van der Waals surface area contributed by atoms with Crippen LogP contribution < -0.4 is 11.1 Å². The van der Waals surface area contributed by atoms with Crippen molar-refractivity contribution in [2.24, 2.45) is 11.1 Å². The maximum atomic E-state index is 12.7. The number of aliphatic carboxylic acids is 1. The van der Waals surface area contributed by atoms with Crippen molar-refractivity contribution >= 4 is 17.8 Å². The molecule has 8 heteroatoms. The average molecular weight is 343 g/mol. The molecule has 0 aromatic carbocycles. The van der Waals surface area contributed by atoms with Crippen LogP contribution in [-0.2, 0) is 14.4 Å². The summed E-state index contributed by atoms with van der Waals surface area (Å²) in [7, 11) is 1.52. The quantitative estimate of drug-likeness (QED) is 0.470. The zero-order valence-electron chi connectivity index (χ0n) is 15.2. The number of nitrogens with zero attached hydrogens (tertiary/aromatic N) is 1. The lowest BCUT2D eigenvalue weighted by molar-refractivity contribution is -0.139.